The minimum Gasteiger partial charge on any atom is -0.855 e. The normalized spacial score (nSPS) is 9.18. The maximum atomic E-state index is 8.93. The number of rotatable bonds is 0. The molecule has 0 aliphatic heterocycles. The average molecular weight is 1110 g/mol. The molecular formula is C44H31CoN6O14Ta-4. The van der Waals surface area contributed by atoms with E-state index in [4.69, 9.17) is 64.5 Å². The van der Waals surface area contributed by atoms with Gasteiger partial charge in [0.05, 0.1) is 68.9 Å². The Hall–Kier alpha value is -7.89. The van der Waals surface area contributed by atoms with Gasteiger partial charge in [0.25, 0.3) is 0 Å². The summed E-state index contributed by atoms with van der Waals surface area (Å²) in [6, 6.07) is 36.4. The van der Waals surface area contributed by atoms with Crippen molar-refractivity contribution in [3.05, 3.63) is 146 Å². The molecule has 0 bridgehead atoms. The smallest absolute Gasteiger partial charge is 0.855 e. The summed E-state index contributed by atoms with van der Waals surface area (Å²) in [4.78, 5) is 79.6. The van der Waals surface area contributed by atoms with E-state index in [0.717, 1.165) is 65.4 Å². The topological polar surface area (TPSA) is 373 Å². The molecule has 22 heteroatoms. The third-order valence-corrected chi connectivity index (χ3v) is 7.53. The Morgan fingerprint density at radius 2 is 0.470 bits per heavy atom. The van der Waals surface area contributed by atoms with Crippen LogP contribution in [0.4, 0.5) is 0 Å². The van der Waals surface area contributed by atoms with E-state index in [1.807, 2.05) is 36.4 Å². The Morgan fingerprint density at radius 3 is 0.576 bits per heavy atom. The molecule has 0 unspecified atom stereocenters. The molecule has 3 aromatic carbocycles. The van der Waals surface area contributed by atoms with Crippen molar-refractivity contribution in [3.63, 3.8) is 0 Å². The fourth-order valence-corrected chi connectivity index (χ4v) is 5.04. The molecule has 0 saturated carbocycles. The van der Waals surface area contributed by atoms with Crippen LogP contribution in [0.3, 0.4) is 0 Å². The van der Waals surface area contributed by atoms with Crippen LogP contribution in [0, 0.1) is 0 Å². The van der Waals surface area contributed by atoms with Gasteiger partial charge in [-0.1, -0.05) is 79.7 Å². The molecule has 0 amide bonds. The van der Waals surface area contributed by atoms with Crippen molar-refractivity contribution in [3.8, 4) is 0 Å². The van der Waals surface area contributed by atoms with Crippen LogP contribution >= 0.6 is 0 Å². The van der Waals surface area contributed by atoms with Gasteiger partial charge in [-0.05, 0) is 36.4 Å². The predicted molar refractivity (Wildman–Crippen MR) is 215 cm³/mol. The zero-order valence-electron chi connectivity index (χ0n) is 33.8. The van der Waals surface area contributed by atoms with Crippen LogP contribution in [-0.2, 0) is 67.9 Å². The minimum absolute atomic E-state index is 0. The van der Waals surface area contributed by atoms with Crippen molar-refractivity contribution in [2.24, 2.45) is 0 Å². The first-order valence-electron chi connectivity index (χ1n) is 17.8. The molecule has 0 atom stereocenters. The van der Waals surface area contributed by atoms with Crippen LogP contribution in [0.5, 0.6) is 0 Å². The third kappa shape index (κ3) is 18.1. The molecule has 0 aliphatic carbocycles. The van der Waals surface area contributed by atoms with E-state index in [9.17, 15) is 0 Å². The van der Waals surface area contributed by atoms with Crippen LogP contribution in [0.1, 0.15) is 6.92 Å². The number of hydrogen-bond acceptors (Lipinski definition) is 19. The number of carbonyl (C=O) groups is 6. The van der Waals surface area contributed by atoms with Crippen molar-refractivity contribution < 1.29 is 109 Å². The quantitative estimate of drug-likeness (QED) is 0.104. The van der Waals surface area contributed by atoms with E-state index in [1.54, 1.807) is 44.1 Å². The Balaban J connectivity index is 0.000000783. The minimum atomic E-state index is -2.19. The molecule has 0 spiro atoms. The molecular weight excluding hydrogens is 1080 g/mol. The summed E-state index contributed by atoms with van der Waals surface area (Å²) in [7, 11) is 0. The standard InChI is InChI=1S/3C12H8N2.3C2H2O4.C2H5O.Co.H2O.Ta/c3*1-3-9-5-6-10-4-2-8-14-12(10)11(9)13-7-1;3*3-1(4)2(5)6;1-2-3;;;/h3*1-8H;3*(H,3,4)(H,5,6);2H2,1H3;;1H2;/q;;;;;;-1;+3;;/p-6. The van der Waals surface area contributed by atoms with Gasteiger partial charge in [0, 0.05) is 91.9 Å². The van der Waals surface area contributed by atoms with Crippen molar-refractivity contribution in [1.29, 1.82) is 0 Å². The van der Waals surface area contributed by atoms with Crippen LogP contribution in [0.25, 0.3) is 65.4 Å². The van der Waals surface area contributed by atoms with Gasteiger partial charge in [0.1, 0.15) is 0 Å². The van der Waals surface area contributed by atoms with Gasteiger partial charge in [-0.15, -0.1) is 6.61 Å². The monoisotopic (exact) mass is 1110 g/mol. The second-order valence-electron chi connectivity index (χ2n) is 11.7. The van der Waals surface area contributed by atoms with Gasteiger partial charge in [0.2, 0.25) is 0 Å². The maximum absolute atomic E-state index is 8.93. The van der Waals surface area contributed by atoms with Gasteiger partial charge in [-0.25, -0.2) is 0 Å². The Kier molecular flexibility index (Phi) is 26.6. The maximum Gasteiger partial charge on any atom is 3.00 e. The number of aromatic nitrogens is 6. The van der Waals surface area contributed by atoms with Gasteiger partial charge in [-0.2, -0.15) is 0 Å². The molecule has 339 valence electrons. The number of pyridine rings is 6. The van der Waals surface area contributed by atoms with Crippen molar-refractivity contribution in [2.75, 3.05) is 6.61 Å². The number of carboxylic acids is 6. The van der Waals surface area contributed by atoms with E-state index in [-0.39, 0.29) is 51.2 Å². The van der Waals surface area contributed by atoms with Crippen LogP contribution < -0.4 is 35.7 Å². The van der Waals surface area contributed by atoms with Crippen molar-refractivity contribution in [1.82, 2.24) is 29.9 Å². The molecule has 9 rings (SSSR count). The largest absolute Gasteiger partial charge is 3.00 e. The van der Waals surface area contributed by atoms with E-state index in [2.05, 4.69) is 103 Å². The zero-order valence-corrected chi connectivity index (χ0v) is 38.1. The first-order valence-corrected chi connectivity index (χ1v) is 17.8. The van der Waals surface area contributed by atoms with E-state index in [1.165, 1.54) is 0 Å². The summed E-state index contributed by atoms with van der Waals surface area (Å²) in [5.74, 6) is -13.1. The van der Waals surface area contributed by atoms with Gasteiger partial charge in [-0.3, -0.25) is 29.9 Å². The van der Waals surface area contributed by atoms with E-state index < -0.39 is 35.8 Å². The molecule has 0 saturated heterocycles. The molecule has 2 N–H and O–H groups in total. The number of fused-ring (bicyclic) bond motifs is 9. The second-order valence-corrected chi connectivity index (χ2v) is 11.7. The molecule has 9 aromatic rings. The number of nitrogens with zero attached hydrogens (tertiary/aromatic N) is 6. The molecule has 66 heavy (non-hydrogen) atoms. The first kappa shape index (κ1) is 58.1. The molecule has 1 radical (unpaired) electrons. The number of aliphatic carboxylic acids is 6. The Labute approximate surface area is 398 Å². The van der Waals surface area contributed by atoms with Gasteiger partial charge in [0.15, 0.2) is 0 Å². The summed E-state index contributed by atoms with van der Waals surface area (Å²) in [5.41, 5.74) is 5.86. The van der Waals surface area contributed by atoms with Crippen molar-refractivity contribution >= 4 is 101 Å². The van der Waals surface area contributed by atoms with Gasteiger partial charge >= 0.3 is 16.8 Å². The Bertz CT molecular complexity index is 2520. The summed E-state index contributed by atoms with van der Waals surface area (Å²) >= 11 is 0. The fraction of sp³-hybridized carbons (Fsp3) is 0.0455. The molecule has 6 aromatic heterocycles. The number of carboxylic acid groups (broad SMARTS) is 6. The van der Waals surface area contributed by atoms with Crippen LogP contribution in [0.15, 0.2) is 146 Å². The SMILES string of the molecule is CC[O-].O.O=C([O-])C(=O)[O-].O=C([O-])C(=O)[O-].O=C([O-])C(=O)[O-].[Co+3].[Ta].c1cnc2c(c1)ccc1cccnc12.c1cnc2c(c1)ccc1cccnc12.c1cnc2c(c1)ccc1cccnc12. The number of benzene rings is 3. The molecule has 0 fully saturated rings. The van der Waals surface area contributed by atoms with Crippen LogP contribution in [-0.4, -0.2) is 77.8 Å². The second kappa shape index (κ2) is 30.2. The fourth-order valence-electron chi connectivity index (χ4n) is 5.04. The average Bonchev–Trinajstić information content (AvgIpc) is 3.30. The van der Waals surface area contributed by atoms with E-state index >= 15 is 0 Å². The van der Waals surface area contributed by atoms with Crippen LogP contribution in [0.2, 0.25) is 0 Å². The Morgan fingerprint density at radius 1 is 0.348 bits per heavy atom. The first-order chi connectivity index (χ1) is 30.2. The molecule has 6 heterocycles. The number of carbonyl (C=O) groups excluding carboxylic acids is 6. The summed E-state index contributed by atoms with van der Waals surface area (Å²) < 4.78 is 0. The predicted octanol–water partition coefficient (Wildman–Crippen LogP) is -3.66. The summed E-state index contributed by atoms with van der Waals surface area (Å²) in [6.07, 6.45) is 10.8. The summed E-state index contributed by atoms with van der Waals surface area (Å²) in [5, 5.41) is 69.3. The molecule has 0 aliphatic rings. The van der Waals surface area contributed by atoms with Gasteiger partial charge < -0.3 is 70.0 Å². The van der Waals surface area contributed by atoms with Crippen molar-refractivity contribution in [2.45, 2.75) is 6.92 Å². The number of hydrogen-bond donors (Lipinski definition) is 0. The zero-order chi connectivity index (χ0) is 46.3. The molecule has 20 nitrogen and oxygen atoms in total. The van der Waals surface area contributed by atoms with E-state index in [0.29, 0.717) is 0 Å². The third-order valence-electron chi connectivity index (χ3n) is 7.53. The summed E-state index contributed by atoms with van der Waals surface area (Å²) in [6.45, 7) is 1.57.